The lowest BCUT2D eigenvalue weighted by Crippen LogP contribution is -2.42. The molecule has 1 N–H and O–H groups in total. The third-order valence-electron chi connectivity index (χ3n) is 5.49. The fourth-order valence-corrected chi connectivity index (χ4v) is 4.04. The molecule has 2 aliphatic rings. The Kier molecular flexibility index (Phi) is 4.93. The smallest absolute Gasteiger partial charge is 0.322 e. The van der Waals surface area contributed by atoms with Crippen molar-refractivity contribution in [2.24, 2.45) is 5.92 Å². The molecule has 2 aliphatic heterocycles. The van der Waals surface area contributed by atoms with E-state index in [9.17, 15) is 9.18 Å². The van der Waals surface area contributed by atoms with Crippen molar-refractivity contribution < 1.29 is 18.7 Å². The van der Waals surface area contributed by atoms with Crippen molar-refractivity contribution in [3.05, 3.63) is 42.3 Å². The minimum Gasteiger partial charge on any atom is -0.497 e. The van der Waals surface area contributed by atoms with Gasteiger partial charge in [0.25, 0.3) is 0 Å². The van der Waals surface area contributed by atoms with Crippen LogP contribution in [-0.4, -0.2) is 55.8 Å². The van der Waals surface area contributed by atoms with Gasteiger partial charge in [-0.3, -0.25) is 0 Å². The summed E-state index contributed by atoms with van der Waals surface area (Å²) in [5, 5.41) is 2.95. The van der Waals surface area contributed by atoms with Gasteiger partial charge in [-0.25, -0.2) is 14.2 Å². The molecule has 3 heterocycles. The van der Waals surface area contributed by atoms with Crippen molar-refractivity contribution in [3.8, 4) is 11.5 Å². The first-order valence-electron chi connectivity index (χ1n) is 9.25. The van der Waals surface area contributed by atoms with Gasteiger partial charge in [-0.15, -0.1) is 0 Å². The zero-order valence-corrected chi connectivity index (χ0v) is 15.9. The van der Waals surface area contributed by atoms with Gasteiger partial charge in [0.15, 0.2) is 0 Å². The first-order valence-corrected chi connectivity index (χ1v) is 9.25. The lowest BCUT2D eigenvalue weighted by Gasteiger charge is -2.26. The van der Waals surface area contributed by atoms with Crippen LogP contribution in [0, 0.1) is 11.7 Å². The molecule has 0 spiro atoms. The van der Waals surface area contributed by atoms with Gasteiger partial charge in [0, 0.05) is 31.6 Å². The summed E-state index contributed by atoms with van der Waals surface area (Å²) in [6.07, 6.45) is 2.17. The van der Waals surface area contributed by atoms with Crippen molar-refractivity contribution in [2.75, 3.05) is 44.1 Å². The molecule has 8 heteroatoms. The van der Waals surface area contributed by atoms with Crippen LogP contribution in [0.15, 0.2) is 36.5 Å². The summed E-state index contributed by atoms with van der Waals surface area (Å²) < 4.78 is 23.7. The Labute approximate surface area is 163 Å². The number of pyridine rings is 1. The zero-order chi connectivity index (χ0) is 19.7. The quantitative estimate of drug-likeness (QED) is 0.875. The minimum absolute atomic E-state index is 0.107. The third-order valence-corrected chi connectivity index (χ3v) is 5.49. The van der Waals surface area contributed by atoms with E-state index in [0.29, 0.717) is 36.2 Å². The fraction of sp³-hybridized carbons (Fsp3) is 0.400. The van der Waals surface area contributed by atoms with Crippen molar-refractivity contribution in [1.29, 1.82) is 0 Å². The number of amides is 2. The maximum atomic E-state index is 13.1. The number of likely N-dealkylation sites (tertiary alicyclic amines) is 1. The summed E-state index contributed by atoms with van der Waals surface area (Å²) in [6, 6.07) is 8.34. The van der Waals surface area contributed by atoms with E-state index in [2.05, 4.69) is 15.2 Å². The van der Waals surface area contributed by atoms with Crippen LogP contribution in [0.1, 0.15) is 6.42 Å². The lowest BCUT2D eigenvalue weighted by molar-refractivity contribution is 0.206. The number of rotatable bonds is 4. The molecule has 0 radical (unpaired) electrons. The van der Waals surface area contributed by atoms with E-state index in [1.54, 1.807) is 38.5 Å². The number of carbonyl (C=O) groups is 1. The highest BCUT2D eigenvalue weighted by molar-refractivity contribution is 5.91. The zero-order valence-electron chi connectivity index (χ0n) is 15.9. The standard InChI is InChI=1S/C20H23FN4O3/c1-27-15-4-5-16(18(9-15)28-2)23-20(26)25-8-7-13-11-24(12-17(13)25)19-6-3-14(21)10-22-19/h3-6,9-10,13,17H,7-8,11-12H2,1-2H3,(H,23,26). The molecule has 0 bridgehead atoms. The molecule has 0 aliphatic carbocycles. The largest absolute Gasteiger partial charge is 0.497 e. The number of fused-ring (bicyclic) bond motifs is 1. The van der Waals surface area contributed by atoms with Gasteiger partial charge in [0.05, 0.1) is 32.1 Å². The van der Waals surface area contributed by atoms with Crippen LogP contribution < -0.4 is 19.7 Å². The van der Waals surface area contributed by atoms with E-state index >= 15 is 0 Å². The second-order valence-electron chi connectivity index (χ2n) is 7.05. The van der Waals surface area contributed by atoms with Gasteiger partial charge in [-0.1, -0.05) is 0 Å². The first-order chi connectivity index (χ1) is 13.6. The van der Waals surface area contributed by atoms with Crippen LogP contribution in [0.2, 0.25) is 0 Å². The summed E-state index contributed by atoms with van der Waals surface area (Å²) in [5.74, 6) is 1.99. The second-order valence-corrected chi connectivity index (χ2v) is 7.05. The number of nitrogens with one attached hydrogen (secondary N) is 1. The molecule has 2 unspecified atom stereocenters. The Morgan fingerprint density at radius 3 is 2.79 bits per heavy atom. The van der Waals surface area contributed by atoms with Crippen molar-refractivity contribution in [2.45, 2.75) is 12.5 Å². The predicted octanol–water partition coefficient (Wildman–Crippen LogP) is 2.98. The Balaban J connectivity index is 1.45. The number of carbonyl (C=O) groups excluding carboxylic acids is 1. The number of anilines is 2. The van der Waals surface area contributed by atoms with Crippen molar-refractivity contribution in [3.63, 3.8) is 0 Å². The Bertz CT molecular complexity index is 861. The van der Waals surface area contributed by atoms with Crippen LogP contribution in [0.3, 0.4) is 0 Å². The normalized spacial score (nSPS) is 20.8. The molecule has 148 valence electrons. The van der Waals surface area contributed by atoms with Crippen LogP contribution >= 0.6 is 0 Å². The highest BCUT2D eigenvalue weighted by atomic mass is 19.1. The van der Waals surface area contributed by atoms with Gasteiger partial charge >= 0.3 is 6.03 Å². The van der Waals surface area contributed by atoms with E-state index in [4.69, 9.17) is 9.47 Å². The van der Waals surface area contributed by atoms with E-state index in [0.717, 1.165) is 18.8 Å². The number of ether oxygens (including phenoxy) is 2. The van der Waals surface area contributed by atoms with Gasteiger partial charge in [0.2, 0.25) is 0 Å². The molecule has 7 nitrogen and oxygen atoms in total. The Hall–Kier alpha value is -3.03. The maximum Gasteiger partial charge on any atom is 0.322 e. The lowest BCUT2D eigenvalue weighted by atomic mass is 10.1. The summed E-state index contributed by atoms with van der Waals surface area (Å²) in [5.41, 5.74) is 0.604. The molecular weight excluding hydrogens is 363 g/mol. The van der Waals surface area contributed by atoms with E-state index in [1.807, 2.05) is 4.90 Å². The van der Waals surface area contributed by atoms with E-state index in [-0.39, 0.29) is 17.9 Å². The molecule has 4 rings (SSSR count). The third kappa shape index (κ3) is 3.42. The molecule has 2 atom stereocenters. The number of hydrogen-bond acceptors (Lipinski definition) is 5. The highest BCUT2D eigenvalue weighted by Gasteiger charge is 2.43. The molecule has 2 amide bonds. The maximum absolute atomic E-state index is 13.1. The second kappa shape index (κ2) is 7.53. The SMILES string of the molecule is COc1ccc(NC(=O)N2CCC3CN(c4ccc(F)cn4)CC32)c(OC)c1. The number of halogens is 1. The number of nitrogens with zero attached hydrogens (tertiary/aromatic N) is 3. The van der Waals surface area contributed by atoms with Gasteiger partial charge in [0.1, 0.15) is 23.1 Å². The van der Waals surface area contributed by atoms with Crippen LogP contribution in [0.25, 0.3) is 0 Å². The predicted molar refractivity (Wildman–Crippen MR) is 104 cm³/mol. The van der Waals surface area contributed by atoms with Crippen LogP contribution in [0.5, 0.6) is 11.5 Å². The molecule has 1 aromatic heterocycles. The molecule has 0 saturated carbocycles. The number of benzene rings is 1. The summed E-state index contributed by atoms with van der Waals surface area (Å²) in [4.78, 5) is 21.1. The van der Waals surface area contributed by atoms with E-state index in [1.165, 1.54) is 12.3 Å². The molecule has 2 aromatic rings. The van der Waals surface area contributed by atoms with Crippen molar-refractivity contribution >= 4 is 17.5 Å². The van der Waals surface area contributed by atoms with Gasteiger partial charge in [-0.05, 0) is 30.7 Å². The fourth-order valence-electron chi connectivity index (χ4n) is 4.04. The number of methoxy groups -OCH3 is 2. The molecule has 2 fully saturated rings. The first kappa shape index (κ1) is 18.3. The Morgan fingerprint density at radius 2 is 2.07 bits per heavy atom. The topological polar surface area (TPSA) is 66.9 Å². The monoisotopic (exact) mass is 386 g/mol. The molecule has 28 heavy (non-hydrogen) atoms. The summed E-state index contributed by atoms with van der Waals surface area (Å²) in [7, 11) is 3.14. The Morgan fingerprint density at radius 1 is 1.21 bits per heavy atom. The van der Waals surface area contributed by atoms with Crippen molar-refractivity contribution in [1.82, 2.24) is 9.88 Å². The molecule has 2 saturated heterocycles. The summed E-state index contributed by atoms with van der Waals surface area (Å²) >= 11 is 0. The highest BCUT2D eigenvalue weighted by Crippen LogP contribution is 2.35. The van der Waals surface area contributed by atoms with Crippen LogP contribution in [0.4, 0.5) is 20.7 Å². The molecule has 1 aromatic carbocycles. The minimum atomic E-state index is -0.349. The average Bonchev–Trinajstić information content (AvgIpc) is 3.29. The van der Waals surface area contributed by atoms with Crippen LogP contribution in [-0.2, 0) is 0 Å². The molecular formula is C20H23FN4O3. The average molecular weight is 386 g/mol. The summed E-state index contributed by atoms with van der Waals surface area (Å²) in [6.45, 7) is 2.22. The number of urea groups is 1. The number of hydrogen-bond donors (Lipinski definition) is 1. The van der Waals surface area contributed by atoms with E-state index < -0.39 is 0 Å². The van der Waals surface area contributed by atoms with Gasteiger partial charge < -0.3 is 24.6 Å². The van der Waals surface area contributed by atoms with Gasteiger partial charge in [-0.2, -0.15) is 0 Å². The number of aromatic nitrogens is 1.